The Bertz CT molecular complexity index is 438. The molecule has 1 aromatic carbocycles. The van der Waals surface area contributed by atoms with Crippen LogP contribution in [0.3, 0.4) is 0 Å². The van der Waals surface area contributed by atoms with Crippen molar-refractivity contribution in [2.45, 2.75) is 85.6 Å². The summed E-state index contributed by atoms with van der Waals surface area (Å²) < 4.78 is 0. The second kappa shape index (κ2) is 6.94. The molecule has 0 unspecified atom stereocenters. The van der Waals surface area contributed by atoms with Gasteiger partial charge in [0, 0.05) is 4.90 Å². The van der Waals surface area contributed by atoms with E-state index in [1.807, 2.05) is 18.2 Å². The summed E-state index contributed by atoms with van der Waals surface area (Å²) in [6.45, 7) is 0. The molecule has 2 N–H and O–H groups in total. The van der Waals surface area contributed by atoms with Gasteiger partial charge in [-0.15, -0.1) is 11.8 Å². The number of aliphatic hydroxyl groups is 2. The molecule has 0 spiro atoms. The van der Waals surface area contributed by atoms with Gasteiger partial charge in [0.25, 0.3) is 0 Å². The maximum absolute atomic E-state index is 11.3. The molecule has 2 saturated carbocycles. The SMILES string of the molecule is OC1(C(Sc2ccccc2)C2(O)CCCCC2)CCCCC1. The van der Waals surface area contributed by atoms with Crippen LogP contribution >= 0.6 is 11.8 Å². The lowest BCUT2D eigenvalue weighted by Gasteiger charge is -2.48. The molecule has 0 aliphatic heterocycles. The molecule has 1 aromatic rings. The van der Waals surface area contributed by atoms with Crippen LogP contribution in [0.25, 0.3) is 0 Å². The molecule has 0 heterocycles. The summed E-state index contributed by atoms with van der Waals surface area (Å²) in [5, 5.41) is 22.5. The van der Waals surface area contributed by atoms with Crippen LogP contribution in [0, 0.1) is 0 Å². The van der Waals surface area contributed by atoms with E-state index < -0.39 is 11.2 Å². The topological polar surface area (TPSA) is 40.5 Å². The Labute approximate surface area is 138 Å². The second-order valence-electron chi connectivity index (χ2n) is 7.14. The minimum absolute atomic E-state index is 0.108. The largest absolute Gasteiger partial charge is 0.389 e. The Morgan fingerprint density at radius 3 is 1.64 bits per heavy atom. The van der Waals surface area contributed by atoms with Crippen molar-refractivity contribution in [1.29, 1.82) is 0 Å². The maximum atomic E-state index is 11.3. The first-order valence-corrected chi connectivity index (χ1v) is 9.67. The van der Waals surface area contributed by atoms with E-state index in [-0.39, 0.29) is 5.25 Å². The van der Waals surface area contributed by atoms with Crippen molar-refractivity contribution < 1.29 is 10.2 Å². The van der Waals surface area contributed by atoms with Gasteiger partial charge >= 0.3 is 0 Å². The molecule has 2 aliphatic carbocycles. The molecule has 3 rings (SSSR count). The van der Waals surface area contributed by atoms with Gasteiger partial charge in [-0.05, 0) is 37.8 Å². The average Bonchev–Trinajstić information content (AvgIpc) is 2.55. The number of thioether (sulfide) groups is 1. The van der Waals surface area contributed by atoms with E-state index in [4.69, 9.17) is 0 Å². The zero-order valence-corrected chi connectivity index (χ0v) is 14.2. The van der Waals surface area contributed by atoms with Crippen LogP contribution in [0.2, 0.25) is 0 Å². The Balaban J connectivity index is 1.87. The smallest absolute Gasteiger partial charge is 0.0797 e. The standard InChI is InChI=1S/C19H28O2S/c20-18(12-6-2-7-13-18)17(19(21)14-8-3-9-15-19)22-16-10-4-1-5-11-16/h1,4-5,10-11,17,20-21H,2-3,6-9,12-15H2. The van der Waals surface area contributed by atoms with Crippen LogP contribution in [0.15, 0.2) is 35.2 Å². The number of hydrogen-bond acceptors (Lipinski definition) is 3. The highest BCUT2D eigenvalue weighted by atomic mass is 32.2. The van der Waals surface area contributed by atoms with Crippen molar-refractivity contribution in [1.82, 2.24) is 0 Å². The summed E-state index contributed by atoms with van der Waals surface area (Å²) in [6.07, 6.45) is 10.1. The molecule has 0 saturated heterocycles. The van der Waals surface area contributed by atoms with Crippen molar-refractivity contribution in [2.75, 3.05) is 0 Å². The summed E-state index contributed by atoms with van der Waals surface area (Å²) in [7, 11) is 0. The van der Waals surface area contributed by atoms with Crippen molar-refractivity contribution in [3.8, 4) is 0 Å². The summed E-state index contributed by atoms with van der Waals surface area (Å²) in [4.78, 5) is 1.16. The number of benzene rings is 1. The van der Waals surface area contributed by atoms with E-state index in [0.717, 1.165) is 56.3 Å². The van der Waals surface area contributed by atoms with Crippen molar-refractivity contribution in [3.63, 3.8) is 0 Å². The highest BCUT2D eigenvalue weighted by Crippen LogP contribution is 2.48. The Hall–Kier alpha value is -0.510. The minimum atomic E-state index is -0.717. The third kappa shape index (κ3) is 3.52. The van der Waals surface area contributed by atoms with Crippen LogP contribution in [0.5, 0.6) is 0 Å². The lowest BCUT2D eigenvalue weighted by molar-refractivity contribution is -0.0873. The van der Waals surface area contributed by atoms with Gasteiger partial charge in [-0.3, -0.25) is 0 Å². The lowest BCUT2D eigenvalue weighted by Crippen LogP contribution is -2.56. The molecule has 0 aromatic heterocycles. The molecule has 122 valence electrons. The summed E-state index contributed by atoms with van der Waals surface area (Å²) in [5.41, 5.74) is -1.43. The molecular weight excluding hydrogens is 292 g/mol. The number of rotatable bonds is 4. The van der Waals surface area contributed by atoms with Crippen LogP contribution < -0.4 is 0 Å². The fraction of sp³-hybridized carbons (Fsp3) is 0.684. The van der Waals surface area contributed by atoms with Gasteiger partial charge < -0.3 is 10.2 Å². The summed E-state index contributed by atoms with van der Waals surface area (Å²) in [6, 6.07) is 10.3. The molecule has 2 fully saturated rings. The third-order valence-corrected chi connectivity index (χ3v) is 7.07. The van der Waals surface area contributed by atoms with Gasteiger partial charge in [0.05, 0.1) is 16.5 Å². The predicted octanol–water partition coefficient (Wildman–Crippen LogP) is 4.54. The molecule has 0 bridgehead atoms. The van der Waals surface area contributed by atoms with Gasteiger partial charge in [-0.25, -0.2) is 0 Å². The van der Waals surface area contributed by atoms with Gasteiger partial charge in [0.1, 0.15) is 0 Å². The molecule has 2 nitrogen and oxygen atoms in total. The van der Waals surface area contributed by atoms with E-state index >= 15 is 0 Å². The van der Waals surface area contributed by atoms with Crippen molar-refractivity contribution >= 4 is 11.8 Å². The first-order chi connectivity index (χ1) is 10.6. The van der Waals surface area contributed by atoms with E-state index in [1.54, 1.807) is 11.8 Å². The van der Waals surface area contributed by atoms with Crippen molar-refractivity contribution in [2.24, 2.45) is 0 Å². The average molecular weight is 320 g/mol. The molecule has 2 aliphatic rings. The molecule has 3 heteroatoms. The zero-order chi connectivity index (χ0) is 15.5. The Morgan fingerprint density at radius 1 is 0.727 bits per heavy atom. The monoisotopic (exact) mass is 320 g/mol. The van der Waals surface area contributed by atoms with Crippen molar-refractivity contribution in [3.05, 3.63) is 30.3 Å². The fourth-order valence-corrected chi connectivity index (χ4v) is 5.70. The van der Waals surface area contributed by atoms with Crippen LogP contribution in [-0.2, 0) is 0 Å². The second-order valence-corrected chi connectivity index (χ2v) is 8.32. The highest BCUT2D eigenvalue weighted by Gasteiger charge is 2.50. The van der Waals surface area contributed by atoms with Crippen LogP contribution in [0.1, 0.15) is 64.2 Å². The number of hydrogen-bond donors (Lipinski definition) is 2. The molecule has 0 amide bonds. The Kier molecular flexibility index (Phi) is 5.16. The highest BCUT2D eigenvalue weighted by molar-refractivity contribution is 8.00. The zero-order valence-electron chi connectivity index (χ0n) is 13.3. The fourth-order valence-electron chi connectivity index (χ4n) is 4.21. The van der Waals surface area contributed by atoms with Gasteiger partial charge in [0.2, 0.25) is 0 Å². The molecule has 0 atom stereocenters. The van der Waals surface area contributed by atoms with E-state index in [2.05, 4.69) is 12.1 Å². The van der Waals surface area contributed by atoms with Gasteiger partial charge in [-0.1, -0.05) is 56.7 Å². The lowest BCUT2D eigenvalue weighted by atomic mass is 9.71. The van der Waals surface area contributed by atoms with E-state index in [0.29, 0.717) is 0 Å². The first kappa shape index (κ1) is 16.4. The first-order valence-electron chi connectivity index (χ1n) is 8.79. The van der Waals surface area contributed by atoms with Gasteiger partial charge in [-0.2, -0.15) is 0 Å². The quantitative estimate of drug-likeness (QED) is 0.800. The van der Waals surface area contributed by atoms with Crippen LogP contribution in [0.4, 0.5) is 0 Å². The normalized spacial score (nSPS) is 24.3. The van der Waals surface area contributed by atoms with E-state index in [9.17, 15) is 10.2 Å². The molecule has 22 heavy (non-hydrogen) atoms. The maximum Gasteiger partial charge on any atom is 0.0797 e. The molecular formula is C19H28O2S. The van der Waals surface area contributed by atoms with Crippen LogP contribution in [-0.4, -0.2) is 26.7 Å². The van der Waals surface area contributed by atoms with E-state index in [1.165, 1.54) is 12.8 Å². The Morgan fingerprint density at radius 2 is 1.18 bits per heavy atom. The molecule has 0 radical (unpaired) electrons. The third-order valence-electron chi connectivity index (χ3n) is 5.41. The summed E-state index contributed by atoms with van der Waals surface area (Å²) >= 11 is 1.70. The van der Waals surface area contributed by atoms with Gasteiger partial charge in [0.15, 0.2) is 0 Å². The minimum Gasteiger partial charge on any atom is -0.389 e. The predicted molar refractivity (Wildman–Crippen MR) is 92.2 cm³/mol. The summed E-state index contributed by atoms with van der Waals surface area (Å²) in [5.74, 6) is 0.